The van der Waals surface area contributed by atoms with E-state index in [4.69, 9.17) is 0 Å². The fourth-order valence-corrected chi connectivity index (χ4v) is 2.28. The molecule has 7 heteroatoms. The number of rotatable bonds is 5. The molecule has 1 N–H and O–H groups in total. The van der Waals surface area contributed by atoms with Gasteiger partial charge in [0.15, 0.2) is 0 Å². The second-order valence-corrected chi connectivity index (χ2v) is 4.89. The fourth-order valence-electron chi connectivity index (χ4n) is 2.28. The molecule has 0 aliphatic heterocycles. The van der Waals surface area contributed by atoms with Crippen molar-refractivity contribution in [2.24, 2.45) is 0 Å². The number of benzene rings is 1. The van der Waals surface area contributed by atoms with Gasteiger partial charge >= 0.3 is 6.61 Å². The Morgan fingerprint density at radius 1 is 1.12 bits per heavy atom. The van der Waals surface area contributed by atoms with Crippen molar-refractivity contribution in [2.45, 2.75) is 13.2 Å². The van der Waals surface area contributed by atoms with Gasteiger partial charge in [0.05, 0.1) is 35.2 Å². The molecule has 0 aliphatic carbocycles. The van der Waals surface area contributed by atoms with Gasteiger partial charge in [0.2, 0.25) is 0 Å². The molecule has 0 fully saturated rings. The Labute approximate surface area is 136 Å². The second kappa shape index (κ2) is 6.87. The first-order valence-electron chi connectivity index (χ1n) is 7.09. The molecule has 1 aromatic carbocycles. The summed E-state index contributed by atoms with van der Waals surface area (Å²) in [6.07, 6.45) is 2.75. The number of nitrogens with zero attached hydrogens (tertiary/aromatic N) is 3. The van der Waals surface area contributed by atoms with Crippen LogP contribution >= 0.6 is 0 Å². The van der Waals surface area contributed by atoms with Gasteiger partial charge in [-0.3, -0.25) is 9.97 Å². The Kier molecular flexibility index (Phi) is 4.47. The Balaban J connectivity index is 1.82. The van der Waals surface area contributed by atoms with Gasteiger partial charge in [-0.05, 0) is 18.2 Å². The lowest BCUT2D eigenvalue weighted by molar-refractivity contribution is -0.0500. The molecule has 2 aromatic heterocycles. The highest BCUT2D eigenvalue weighted by molar-refractivity contribution is 5.93. The van der Waals surface area contributed by atoms with Gasteiger partial charge in [-0.1, -0.05) is 18.2 Å². The number of hydrogen-bond acceptors (Lipinski definition) is 5. The molecule has 120 valence electrons. The highest BCUT2D eigenvalue weighted by Crippen LogP contribution is 2.25. The van der Waals surface area contributed by atoms with Crippen molar-refractivity contribution in [3.8, 4) is 11.8 Å². The smallest absolute Gasteiger partial charge is 0.387 e. The topological polar surface area (TPSA) is 70.8 Å². The third-order valence-corrected chi connectivity index (χ3v) is 3.36. The average Bonchev–Trinajstić information content (AvgIpc) is 2.60. The van der Waals surface area contributed by atoms with Crippen LogP contribution in [0.3, 0.4) is 0 Å². The van der Waals surface area contributed by atoms with Crippen LogP contribution in [0.2, 0.25) is 0 Å². The molecule has 0 atom stereocenters. The second-order valence-electron chi connectivity index (χ2n) is 4.89. The molecular formula is C17H12F2N4O. The van der Waals surface area contributed by atoms with E-state index < -0.39 is 6.61 Å². The predicted octanol–water partition coefficient (Wildman–Crippen LogP) is 3.71. The summed E-state index contributed by atoms with van der Waals surface area (Å²) in [7, 11) is 0. The lowest BCUT2D eigenvalue weighted by Gasteiger charge is -2.11. The standard InChI is InChI=1S/C17H12F2N4O/c18-17(19)24-13-6-5-12(21-10-13)9-23-16-11(7-20)8-22-15-4-2-1-3-14(15)16/h1-6,8,10,17H,9H2,(H,22,23). The number of ether oxygens (including phenoxy) is 1. The predicted molar refractivity (Wildman–Crippen MR) is 84.7 cm³/mol. The maximum absolute atomic E-state index is 12.1. The molecule has 0 saturated heterocycles. The molecule has 2 heterocycles. The number of nitrogens with one attached hydrogen (secondary N) is 1. The Hall–Kier alpha value is -3.27. The maximum Gasteiger partial charge on any atom is 0.387 e. The van der Waals surface area contributed by atoms with Crippen LogP contribution < -0.4 is 10.1 Å². The van der Waals surface area contributed by atoms with Gasteiger partial charge in [0.1, 0.15) is 11.8 Å². The number of pyridine rings is 2. The third-order valence-electron chi connectivity index (χ3n) is 3.36. The minimum Gasteiger partial charge on any atom is -0.433 e. The molecule has 0 amide bonds. The van der Waals surface area contributed by atoms with Crippen LogP contribution in [0, 0.1) is 11.3 Å². The summed E-state index contributed by atoms with van der Waals surface area (Å²) < 4.78 is 28.5. The summed E-state index contributed by atoms with van der Waals surface area (Å²) >= 11 is 0. The zero-order valence-electron chi connectivity index (χ0n) is 12.4. The zero-order chi connectivity index (χ0) is 16.9. The number of aromatic nitrogens is 2. The summed E-state index contributed by atoms with van der Waals surface area (Å²) in [4.78, 5) is 8.30. The van der Waals surface area contributed by atoms with Crippen molar-refractivity contribution in [3.63, 3.8) is 0 Å². The van der Waals surface area contributed by atoms with E-state index in [2.05, 4.69) is 26.1 Å². The minimum absolute atomic E-state index is 0.000764. The van der Waals surface area contributed by atoms with Crippen molar-refractivity contribution in [1.82, 2.24) is 9.97 Å². The lowest BCUT2D eigenvalue weighted by Crippen LogP contribution is -2.06. The Morgan fingerprint density at radius 2 is 1.96 bits per heavy atom. The quantitative estimate of drug-likeness (QED) is 0.774. The molecule has 5 nitrogen and oxygen atoms in total. The minimum atomic E-state index is -2.88. The summed E-state index contributed by atoms with van der Waals surface area (Å²) in [5.41, 5.74) is 2.48. The van der Waals surface area contributed by atoms with Crippen molar-refractivity contribution < 1.29 is 13.5 Å². The molecule has 0 radical (unpaired) electrons. The lowest BCUT2D eigenvalue weighted by atomic mass is 10.1. The van der Waals surface area contributed by atoms with Crippen LogP contribution in [-0.2, 0) is 6.54 Å². The van der Waals surface area contributed by atoms with Gasteiger partial charge in [-0.2, -0.15) is 14.0 Å². The van der Waals surface area contributed by atoms with E-state index in [9.17, 15) is 14.0 Å². The van der Waals surface area contributed by atoms with E-state index in [1.807, 2.05) is 24.3 Å². The summed E-state index contributed by atoms with van der Waals surface area (Å²) in [6, 6.07) is 12.6. The molecule has 3 aromatic rings. The highest BCUT2D eigenvalue weighted by Gasteiger charge is 2.09. The average molecular weight is 326 g/mol. The van der Waals surface area contributed by atoms with Crippen molar-refractivity contribution >= 4 is 16.6 Å². The van der Waals surface area contributed by atoms with Crippen molar-refractivity contribution in [2.75, 3.05) is 5.32 Å². The SMILES string of the molecule is N#Cc1cnc2ccccc2c1NCc1ccc(OC(F)F)cn1. The number of hydrogen-bond donors (Lipinski definition) is 1. The van der Waals surface area contributed by atoms with Gasteiger partial charge in [-0.15, -0.1) is 0 Å². The number of halogens is 2. The Morgan fingerprint density at radius 3 is 2.67 bits per heavy atom. The first-order valence-corrected chi connectivity index (χ1v) is 7.09. The largest absolute Gasteiger partial charge is 0.433 e. The van der Waals surface area contributed by atoms with E-state index in [0.29, 0.717) is 23.5 Å². The highest BCUT2D eigenvalue weighted by atomic mass is 19.3. The third kappa shape index (κ3) is 3.38. The molecule has 0 spiro atoms. The van der Waals surface area contributed by atoms with Crippen LogP contribution in [0.4, 0.5) is 14.5 Å². The van der Waals surface area contributed by atoms with Gasteiger partial charge in [0, 0.05) is 11.6 Å². The molecule has 0 bridgehead atoms. The van der Waals surface area contributed by atoms with Gasteiger partial charge in [-0.25, -0.2) is 0 Å². The first-order chi connectivity index (χ1) is 11.7. The summed E-state index contributed by atoms with van der Waals surface area (Å²) in [5.74, 6) is 0.000764. The number of anilines is 1. The van der Waals surface area contributed by atoms with Crippen LogP contribution in [-0.4, -0.2) is 16.6 Å². The zero-order valence-corrected chi connectivity index (χ0v) is 12.4. The van der Waals surface area contributed by atoms with E-state index in [0.717, 1.165) is 10.9 Å². The van der Waals surface area contributed by atoms with Gasteiger partial charge in [0.25, 0.3) is 0 Å². The molecule has 24 heavy (non-hydrogen) atoms. The molecule has 0 saturated carbocycles. The molecule has 0 aliphatic rings. The van der Waals surface area contributed by atoms with E-state index >= 15 is 0 Å². The van der Waals surface area contributed by atoms with Crippen molar-refractivity contribution in [3.05, 3.63) is 60.0 Å². The van der Waals surface area contributed by atoms with Crippen LogP contribution in [0.1, 0.15) is 11.3 Å². The molecule has 3 rings (SSSR count). The summed E-state index contributed by atoms with van der Waals surface area (Å²) in [6.45, 7) is -2.55. The number of para-hydroxylation sites is 1. The van der Waals surface area contributed by atoms with Crippen LogP contribution in [0.25, 0.3) is 10.9 Å². The molecule has 0 unspecified atom stereocenters. The Bertz CT molecular complexity index is 891. The maximum atomic E-state index is 12.1. The van der Waals surface area contributed by atoms with Gasteiger partial charge < -0.3 is 10.1 Å². The number of nitriles is 1. The fraction of sp³-hybridized carbons (Fsp3) is 0.118. The first kappa shape index (κ1) is 15.6. The van der Waals surface area contributed by atoms with E-state index in [1.54, 1.807) is 6.07 Å². The van der Waals surface area contributed by atoms with E-state index in [1.165, 1.54) is 18.5 Å². The van der Waals surface area contributed by atoms with Crippen molar-refractivity contribution in [1.29, 1.82) is 5.26 Å². The number of alkyl halides is 2. The number of fused-ring (bicyclic) bond motifs is 1. The normalized spacial score (nSPS) is 10.6. The van der Waals surface area contributed by atoms with Crippen LogP contribution in [0.15, 0.2) is 48.8 Å². The van der Waals surface area contributed by atoms with E-state index in [-0.39, 0.29) is 5.75 Å². The molecular weight excluding hydrogens is 314 g/mol. The monoisotopic (exact) mass is 326 g/mol. The summed E-state index contributed by atoms with van der Waals surface area (Å²) in [5, 5.41) is 13.3. The van der Waals surface area contributed by atoms with Crippen LogP contribution in [0.5, 0.6) is 5.75 Å².